The number of halogens is 1. The molecule has 78 valence electrons. The Morgan fingerprint density at radius 1 is 1.14 bits per heavy atom. The minimum atomic E-state index is -1.34. The van der Waals surface area contributed by atoms with E-state index in [9.17, 15) is 5.11 Å². The van der Waals surface area contributed by atoms with Crippen LogP contribution in [0, 0.1) is 0 Å². The molecule has 14 heavy (non-hydrogen) atoms. The van der Waals surface area contributed by atoms with Crippen LogP contribution in [-0.4, -0.2) is 17.6 Å². The highest BCUT2D eigenvalue weighted by Gasteiger charge is 2.31. The van der Waals surface area contributed by atoms with Crippen LogP contribution in [0.3, 0.4) is 0 Å². The average molecular weight is 273 g/mol. The second-order valence-corrected chi connectivity index (χ2v) is 11.8. The van der Waals surface area contributed by atoms with Gasteiger partial charge in [0.1, 0.15) is 0 Å². The maximum absolute atomic E-state index is 10.1. The smallest absolute Gasteiger partial charge is 0.0889 e. The molecule has 0 amide bonds. The zero-order valence-electron chi connectivity index (χ0n) is 8.87. The first-order valence-electron chi connectivity index (χ1n) is 4.80. The largest absolute Gasteiger partial charge is 0.388 e. The van der Waals surface area contributed by atoms with Crippen molar-refractivity contribution in [3.63, 3.8) is 0 Å². The standard InChI is InChI=1S/C11H17BrOSi/c1-14(2,3)11(12)10(13)9-7-5-4-6-8-9/h4-8,10-11,13H,1-3H3. The second-order valence-electron chi connectivity index (χ2n) is 4.62. The van der Waals surface area contributed by atoms with Crippen LogP contribution in [0.5, 0.6) is 0 Å². The van der Waals surface area contributed by atoms with Gasteiger partial charge in [-0.25, -0.2) is 0 Å². The maximum atomic E-state index is 10.1. The van der Waals surface area contributed by atoms with Gasteiger partial charge in [0.2, 0.25) is 0 Å². The average Bonchev–Trinajstić information content (AvgIpc) is 2.15. The molecule has 2 atom stereocenters. The van der Waals surface area contributed by atoms with Crippen LogP contribution in [0.1, 0.15) is 11.7 Å². The minimum absolute atomic E-state index is 0.206. The Balaban J connectivity index is 2.81. The highest BCUT2D eigenvalue weighted by molar-refractivity contribution is 9.10. The van der Waals surface area contributed by atoms with E-state index in [0.717, 1.165) is 5.56 Å². The van der Waals surface area contributed by atoms with E-state index >= 15 is 0 Å². The second kappa shape index (κ2) is 4.60. The summed E-state index contributed by atoms with van der Waals surface area (Å²) in [5.41, 5.74) is 0.997. The topological polar surface area (TPSA) is 20.2 Å². The lowest BCUT2D eigenvalue weighted by molar-refractivity contribution is 0.193. The van der Waals surface area contributed by atoms with E-state index in [1.807, 2.05) is 30.3 Å². The molecule has 0 fully saturated rings. The third-order valence-electron chi connectivity index (χ3n) is 2.25. The number of hydrogen-bond donors (Lipinski definition) is 1. The first kappa shape index (κ1) is 11.9. The predicted molar refractivity (Wildman–Crippen MR) is 67.5 cm³/mol. The van der Waals surface area contributed by atoms with Gasteiger partial charge in [-0.05, 0) is 5.56 Å². The molecular weight excluding hydrogens is 256 g/mol. The van der Waals surface area contributed by atoms with Crippen LogP contribution in [0.25, 0.3) is 0 Å². The van der Waals surface area contributed by atoms with E-state index in [1.165, 1.54) is 0 Å². The molecule has 2 unspecified atom stereocenters. The van der Waals surface area contributed by atoms with Gasteiger partial charge in [-0.1, -0.05) is 65.9 Å². The molecule has 0 aromatic heterocycles. The van der Waals surface area contributed by atoms with Crippen molar-refractivity contribution in [2.75, 3.05) is 0 Å². The SMILES string of the molecule is C[Si](C)(C)C(Br)C(O)c1ccccc1. The van der Waals surface area contributed by atoms with Crippen molar-refractivity contribution < 1.29 is 5.11 Å². The Morgan fingerprint density at radius 2 is 1.64 bits per heavy atom. The lowest BCUT2D eigenvalue weighted by atomic mass is 10.1. The molecular formula is C11H17BrOSi. The van der Waals surface area contributed by atoms with E-state index in [0.29, 0.717) is 0 Å². The third kappa shape index (κ3) is 2.94. The van der Waals surface area contributed by atoms with Gasteiger partial charge in [0, 0.05) is 4.45 Å². The summed E-state index contributed by atoms with van der Waals surface area (Å²) in [5, 5.41) is 10.1. The van der Waals surface area contributed by atoms with Gasteiger partial charge in [0.25, 0.3) is 0 Å². The van der Waals surface area contributed by atoms with Gasteiger partial charge in [0.05, 0.1) is 14.2 Å². The molecule has 0 heterocycles. The zero-order valence-corrected chi connectivity index (χ0v) is 11.5. The molecule has 1 N–H and O–H groups in total. The molecule has 0 spiro atoms. The highest BCUT2D eigenvalue weighted by atomic mass is 79.9. The van der Waals surface area contributed by atoms with E-state index < -0.39 is 8.07 Å². The van der Waals surface area contributed by atoms with Gasteiger partial charge in [0.15, 0.2) is 0 Å². The van der Waals surface area contributed by atoms with Crippen LogP contribution in [0.2, 0.25) is 19.6 Å². The van der Waals surface area contributed by atoms with Crippen molar-refractivity contribution in [3.05, 3.63) is 35.9 Å². The van der Waals surface area contributed by atoms with Crippen molar-refractivity contribution in [2.45, 2.75) is 30.2 Å². The Hall–Kier alpha value is -0.123. The number of aliphatic hydroxyl groups excluding tert-OH is 1. The Bertz CT molecular complexity index is 281. The van der Waals surface area contributed by atoms with Gasteiger partial charge >= 0.3 is 0 Å². The molecule has 0 bridgehead atoms. The fraction of sp³-hybridized carbons (Fsp3) is 0.455. The molecule has 1 aromatic rings. The van der Waals surface area contributed by atoms with Crippen LogP contribution in [-0.2, 0) is 0 Å². The fourth-order valence-corrected chi connectivity index (χ4v) is 2.74. The quantitative estimate of drug-likeness (QED) is 0.661. The minimum Gasteiger partial charge on any atom is -0.388 e. The van der Waals surface area contributed by atoms with Crippen molar-refractivity contribution in [1.29, 1.82) is 0 Å². The molecule has 0 saturated carbocycles. The molecule has 1 aromatic carbocycles. The third-order valence-corrected chi connectivity index (χ3v) is 8.84. The van der Waals surface area contributed by atoms with Gasteiger partial charge < -0.3 is 5.11 Å². The Labute approximate surface area is 95.3 Å². The summed E-state index contributed by atoms with van der Waals surface area (Å²) in [4.78, 5) is 0. The van der Waals surface area contributed by atoms with E-state index in [-0.39, 0.29) is 10.6 Å². The molecule has 1 rings (SSSR count). The Kier molecular flexibility index (Phi) is 3.92. The summed E-state index contributed by atoms with van der Waals surface area (Å²) in [6, 6.07) is 9.83. The van der Waals surface area contributed by atoms with E-state index in [2.05, 4.69) is 35.6 Å². The van der Waals surface area contributed by atoms with Gasteiger partial charge in [-0.3, -0.25) is 0 Å². The molecule has 0 aliphatic carbocycles. The maximum Gasteiger partial charge on any atom is 0.0889 e. The van der Waals surface area contributed by atoms with Crippen molar-refractivity contribution in [1.82, 2.24) is 0 Å². The summed E-state index contributed by atoms with van der Waals surface area (Å²) in [6.07, 6.45) is -0.386. The molecule has 0 aliphatic rings. The lowest BCUT2D eigenvalue weighted by Gasteiger charge is -2.28. The number of aliphatic hydroxyl groups is 1. The molecule has 3 heteroatoms. The van der Waals surface area contributed by atoms with Crippen LogP contribution < -0.4 is 0 Å². The Morgan fingerprint density at radius 3 is 2.07 bits per heavy atom. The molecule has 0 aliphatic heterocycles. The normalized spacial score (nSPS) is 16.4. The van der Waals surface area contributed by atoms with Crippen LogP contribution in [0.15, 0.2) is 30.3 Å². The lowest BCUT2D eigenvalue weighted by Crippen LogP contribution is -2.38. The molecule has 0 saturated heterocycles. The molecule has 1 nitrogen and oxygen atoms in total. The number of hydrogen-bond acceptors (Lipinski definition) is 1. The summed E-state index contributed by atoms with van der Waals surface area (Å²) in [6.45, 7) is 6.75. The van der Waals surface area contributed by atoms with Crippen LogP contribution in [0.4, 0.5) is 0 Å². The number of benzene rings is 1. The van der Waals surface area contributed by atoms with E-state index in [1.54, 1.807) is 0 Å². The number of rotatable bonds is 3. The zero-order chi connectivity index (χ0) is 10.8. The van der Waals surface area contributed by atoms with Crippen LogP contribution >= 0.6 is 15.9 Å². The highest BCUT2D eigenvalue weighted by Crippen LogP contribution is 2.29. The van der Waals surface area contributed by atoms with Crippen molar-refractivity contribution in [3.8, 4) is 0 Å². The first-order valence-corrected chi connectivity index (χ1v) is 9.29. The van der Waals surface area contributed by atoms with E-state index in [4.69, 9.17) is 0 Å². The monoisotopic (exact) mass is 272 g/mol. The summed E-state index contributed by atoms with van der Waals surface area (Å²) in [5.74, 6) is 0. The summed E-state index contributed by atoms with van der Waals surface area (Å²) < 4.78 is 0.206. The summed E-state index contributed by atoms with van der Waals surface area (Å²) >= 11 is 3.61. The first-order chi connectivity index (χ1) is 6.43. The van der Waals surface area contributed by atoms with Gasteiger partial charge in [-0.15, -0.1) is 0 Å². The predicted octanol–water partition coefficient (Wildman–Crippen LogP) is 3.36. The van der Waals surface area contributed by atoms with Crippen molar-refractivity contribution in [2.24, 2.45) is 0 Å². The number of alkyl halides is 1. The summed E-state index contributed by atoms with van der Waals surface area (Å²) in [7, 11) is -1.34. The fourth-order valence-electron chi connectivity index (χ4n) is 1.29. The van der Waals surface area contributed by atoms with Gasteiger partial charge in [-0.2, -0.15) is 0 Å². The molecule has 0 radical (unpaired) electrons. The van der Waals surface area contributed by atoms with Crippen molar-refractivity contribution >= 4 is 24.0 Å².